The van der Waals surface area contributed by atoms with Gasteiger partial charge in [0.25, 0.3) is 0 Å². The maximum absolute atomic E-state index is 13.0. The first-order chi connectivity index (χ1) is 9.04. The second-order valence-electron chi connectivity index (χ2n) is 4.30. The predicted molar refractivity (Wildman–Crippen MR) is 74.9 cm³/mol. The Morgan fingerprint density at radius 3 is 2.84 bits per heavy atom. The lowest BCUT2D eigenvalue weighted by Gasteiger charge is -2.04. The molecule has 3 nitrogen and oxygen atoms in total. The summed E-state index contributed by atoms with van der Waals surface area (Å²) in [6, 6.07) is 5.89. The summed E-state index contributed by atoms with van der Waals surface area (Å²) >= 11 is 1.61. The minimum absolute atomic E-state index is 0.115. The molecule has 1 aromatic heterocycles. The van der Waals surface area contributed by atoms with Gasteiger partial charge in [-0.1, -0.05) is 6.07 Å². The number of carbonyl (C=O) groups excluding carboxylic acids is 1. The molecule has 100 valence electrons. The molecule has 0 saturated heterocycles. The molecule has 0 unspecified atom stereocenters. The second-order valence-corrected chi connectivity index (χ2v) is 5.59. The standard InChI is InChI=1S/C14H15FN2OS/c1-9-13(19-10(2)16-9)6-7-14(18)17-12-5-3-4-11(15)8-12/h3-5,8H,6-7H2,1-2H3,(H,17,18). The Kier molecular flexibility index (Phi) is 4.27. The second kappa shape index (κ2) is 5.93. The van der Waals surface area contributed by atoms with Crippen LogP contribution in [-0.4, -0.2) is 10.9 Å². The van der Waals surface area contributed by atoms with Crippen LogP contribution in [0.3, 0.4) is 0 Å². The van der Waals surface area contributed by atoms with E-state index in [-0.39, 0.29) is 11.7 Å². The molecule has 0 bridgehead atoms. The molecule has 19 heavy (non-hydrogen) atoms. The first kappa shape index (κ1) is 13.7. The molecule has 0 aliphatic carbocycles. The van der Waals surface area contributed by atoms with Crippen molar-refractivity contribution in [1.29, 1.82) is 0 Å². The van der Waals surface area contributed by atoms with Gasteiger partial charge in [-0.05, 0) is 38.5 Å². The Hall–Kier alpha value is -1.75. The zero-order valence-electron chi connectivity index (χ0n) is 10.9. The van der Waals surface area contributed by atoms with Gasteiger partial charge in [0.2, 0.25) is 5.91 Å². The molecule has 1 amide bonds. The number of aryl methyl sites for hydroxylation is 3. The molecule has 0 atom stereocenters. The molecule has 1 N–H and O–H groups in total. The number of amides is 1. The molecule has 0 spiro atoms. The van der Waals surface area contributed by atoms with Gasteiger partial charge in [0, 0.05) is 17.0 Å². The van der Waals surface area contributed by atoms with Crippen molar-refractivity contribution in [3.05, 3.63) is 45.7 Å². The summed E-state index contributed by atoms with van der Waals surface area (Å²) in [5.74, 6) is -0.470. The lowest BCUT2D eigenvalue weighted by Crippen LogP contribution is -2.12. The Morgan fingerprint density at radius 1 is 1.42 bits per heavy atom. The first-order valence-electron chi connectivity index (χ1n) is 6.03. The Morgan fingerprint density at radius 2 is 2.21 bits per heavy atom. The highest BCUT2D eigenvalue weighted by Gasteiger charge is 2.08. The van der Waals surface area contributed by atoms with E-state index in [0.29, 0.717) is 18.5 Å². The summed E-state index contributed by atoms with van der Waals surface area (Å²) in [4.78, 5) is 17.2. The lowest BCUT2D eigenvalue weighted by molar-refractivity contribution is -0.116. The summed E-state index contributed by atoms with van der Waals surface area (Å²) in [6.07, 6.45) is 1.04. The third kappa shape index (κ3) is 3.86. The minimum atomic E-state index is -0.355. The summed E-state index contributed by atoms with van der Waals surface area (Å²) in [5, 5.41) is 3.70. The summed E-state index contributed by atoms with van der Waals surface area (Å²) in [6.45, 7) is 3.90. The van der Waals surface area contributed by atoms with E-state index >= 15 is 0 Å². The quantitative estimate of drug-likeness (QED) is 0.930. The molecular weight excluding hydrogens is 263 g/mol. The molecule has 1 aromatic carbocycles. The summed E-state index contributed by atoms with van der Waals surface area (Å²) in [7, 11) is 0. The molecule has 0 fully saturated rings. The van der Waals surface area contributed by atoms with E-state index in [2.05, 4.69) is 10.3 Å². The number of anilines is 1. The van der Waals surface area contributed by atoms with Crippen molar-refractivity contribution in [2.24, 2.45) is 0 Å². The number of nitrogens with one attached hydrogen (secondary N) is 1. The van der Waals surface area contributed by atoms with Gasteiger partial charge in [-0.2, -0.15) is 0 Å². The number of nitrogens with zero attached hydrogens (tertiary/aromatic N) is 1. The molecule has 0 aliphatic heterocycles. The Labute approximate surface area is 115 Å². The SMILES string of the molecule is Cc1nc(C)c(CCC(=O)Nc2cccc(F)c2)s1. The average Bonchev–Trinajstić information content (AvgIpc) is 2.65. The monoisotopic (exact) mass is 278 g/mol. The van der Waals surface area contributed by atoms with E-state index in [4.69, 9.17) is 0 Å². The molecule has 1 heterocycles. The van der Waals surface area contributed by atoms with Gasteiger partial charge in [0.15, 0.2) is 0 Å². The zero-order chi connectivity index (χ0) is 13.8. The van der Waals surface area contributed by atoms with Crippen LogP contribution in [0.15, 0.2) is 24.3 Å². The number of rotatable bonds is 4. The maximum atomic E-state index is 13.0. The van der Waals surface area contributed by atoms with Gasteiger partial charge in [0.1, 0.15) is 5.82 Å². The van der Waals surface area contributed by atoms with Crippen LogP contribution in [0.4, 0.5) is 10.1 Å². The Balaban J connectivity index is 1.90. The number of hydrogen-bond acceptors (Lipinski definition) is 3. The van der Waals surface area contributed by atoms with E-state index in [9.17, 15) is 9.18 Å². The molecule has 0 saturated carbocycles. The minimum Gasteiger partial charge on any atom is -0.326 e. The molecule has 5 heteroatoms. The van der Waals surface area contributed by atoms with Crippen LogP contribution in [-0.2, 0) is 11.2 Å². The fourth-order valence-corrected chi connectivity index (χ4v) is 2.76. The predicted octanol–water partition coefficient (Wildman–Crippen LogP) is 3.47. The molecule has 2 aromatic rings. The number of hydrogen-bond donors (Lipinski definition) is 1. The van der Waals surface area contributed by atoms with Crippen LogP contribution in [0.1, 0.15) is 22.0 Å². The van der Waals surface area contributed by atoms with E-state index in [0.717, 1.165) is 15.6 Å². The van der Waals surface area contributed by atoms with E-state index in [1.165, 1.54) is 12.1 Å². The van der Waals surface area contributed by atoms with Crippen LogP contribution in [0.2, 0.25) is 0 Å². The fourth-order valence-electron chi connectivity index (χ4n) is 1.82. The van der Waals surface area contributed by atoms with Gasteiger partial charge in [0.05, 0.1) is 10.7 Å². The van der Waals surface area contributed by atoms with Crippen molar-refractivity contribution in [1.82, 2.24) is 4.98 Å². The van der Waals surface area contributed by atoms with Gasteiger partial charge in [-0.3, -0.25) is 4.79 Å². The van der Waals surface area contributed by atoms with Gasteiger partial charge >= 0.3 is 0 Å². The highest BCUT2D eigenvalue weighted by molar-refractivity contribution is 7.11. The van der Waals surface area contributed by atoms with Crippen molar-refractivity contribution >= 4 is 22.9 Å². The van der Waals surface area contributed by atoms with Crippen LogP contribution in [0.5, 0.6) is 0 Å². The highest BCUT2D eigenvalue weighted by Crippen LogP contribution is 2.19. The van der Waals surface area contributed by atoms with Crippen LogP contribution >= 0.6 is 11.3 Å². The van der Waals surface area contributed by atoms with Gasteiger partial charge < -0.3 is 5.32 Å². The van der Waals surface area contributed by atoms with Gasteiger partial charge in [-0.25, -0.2) is 9.37 Å². The topological polar surface area (TPSA) is 42.0 Å². The number of benzene rings is 1. The van der Waals surface area contributed by atoms with Crippen molar-refractivity contribution < 1.29 is 9.18 Å². The van der Waals surface area contributed by atoms with Crippen molar-refractivity contribution in [3.63, 3.8) is 0 Å². The third-order valence-corrected chi connectivity index (χ3v) is 3.82. The molecular formula is C14H15FN2OS. The number of aromatic nitrogens is 1. The number of carbonyl (C=O) groups is 1. The maximum Gasteiger partial charge on any atom is 0.224 e. The third-order valence-electron chi connectivity index (χ3n) is 2.69. The van der Waals surface area contributed by atoms with E-state index in [1.807, 2.05) is 13.8 Å². The molecule has 0 aliphatic rings. The van der Waals surface area contributed by atoms with Crippen LogP contribution < -0.4 is 5.32 Å². The lowest BCUT2D eigenvalue weighted by atomic mass is 10.2. The van der Waals surface area contributed by atoms with Crippen molar-refractivity contribution in [2.75, 3.05) is 5.32 Å². The fraction of sp³-hybridized carbons (Fsp3) is 0.286. The van der Waals surface area contributed by atoms with E-state index in [1.54, 1.807) is 23.5 Å². The normalized spacial score (nSPS) is 10.5. The smallest absolute Gasteiger partial charge is 0.224 e. The van der Waals surface area contributed by atoms with E-state index < -0.39 is 0 Å². The van der Waals surface area contributed by atoms with Crippen molar-refractivity contribution in [2.45, 2.75) is 26.7 Å². The van der Waals surface area contributed by atoms with Crippen LogP contribution in [0.25, 0.3) is 0 Å². The summed E-state index contributed by atoms with van der Waals surface area (Å²) in [5.41, 5.74) is 1.48. The number of halogens is 1. The summed E-state index contributed by atoms with van der Waals surface area (Å²) < 4.78 is 13.0. The molecule has 2 rings (SSSR count). The van der Waals surface area contributed by atoms with Crippen molar-refractivity contribution in [3.8, 4) is 0 Å². The largest absolute Gasteiger partial charge is 0.326 e. The zero-order valence-corrected chi connectivity index (χ0v) is 11.7. The van der Waals surface area contributed by atoms with Gasteiger partial charge in [-0.15, -0.1) is 11.3 Å². The first-order valence-corrected chi connectivity index (χ1v) is 6.84. The molecule has 0 radical (unpaired) electrons. The van der Waals surface area contributed by atoms with Crippen LogP contribution in [0, 0.1) is 19.7 Å². The number of thiazole rings is 1. The Bertz CT molecular complexity index is 595. The average molecular weight is 278 g/mol. The highest BCUT2D eigenvalue weighted by atomic mass is 32.1.